The lowest BCUT2D eigenvalue weighted by Crippen LogP contribution is -2.19. The van der Waals surface area contributed by atoms with Crippen molar-refractivity contribution in [3.8, 4) is 0 Å². The summed E-state index contributed by atoms with van der Waals surface area (Å²) in [5.74, 6) is -0.722. The first-order valence-electron chi connectivity index (χ1n) is 3.79. The van der Waals surface area contributed by atoms with Crippen LogP contribution in [0.4, 0.5) is 5.13 Å². The van der Waals surface area contributed by atoms with Crippen molar-refractivity contribution >= 4 is 40.6 Å². The van der Waals surface area contributed by atoms with Crippen LogP contribution in [0.25, 0.3) is 0 Å². The molecule has 1 aromatic heterocycles. The van der Waals surface area contributed by atoms with Crippen molar-refractivity contribution in [3.63, 3.8) is 0 Å². The second-order valence-corrected chi connectivity index (χ2v) is 3.13. The highest BCUT2D eigenvalue weighted by Gasteiger charge is 2.18. The van der Waals surface area contributed by atoms with Crippen LogP contribution in [0.3, 0.4) is 0 Å². The van der Waals surface area contributed by atoms with Gasteiger partial charge in [0, 0.05) is 5.38 Å². The monoisotopic (exact) mass is 251 g/mol. The number of halogens is 1. The van der Waals surface area contributed by atoms with E-state index in [0.29, 0.717) is 5.13 Å². The Morgan fingerprint density at radius 2 is 2.47 bits per heavy atom. The molecule has 0 fully saturated rings. The lowest BCUT2D eigenvalue weighted by atomic mass is 10.3. The number of carbonyl (C=O) groups is 1. The van der Waals surface area contributed by atoms with E-state index >= 15 is 0 Å². The molecule has 0 aliphatic carbocycles. The van der Waals surface area contributed by atoms with Gasteiger partial charge in [-0.2, -0.15) is 0 Å². The van der Waals surface area contributed by atoms with E-state index in [4.69, 9.17) is 10.9 Å². The maximum absolute atomic E-state index is 11.2. The number of hydrogen-bond donors (Lipinski definition) is 2. The number of nitrogens with zero attached hydrogens (tertiary/aromatic N) is 2. The average molecular weight is 252 g/mol. The third-order valence-electron chi connectivity index (χ3n) is 1.33. The van der Waals surface area contributed by atoms with Gasteiger partial charge in [0.15, 0.2) is 5.13 Å². The van der Waals surface area contributed by atoms with Crippen molar-refractivity contribution in [2.24, 2.45) is 5.16 Å². The summed E-state index contributed by atoms with van der Waals surface area (Å²) >= 11 is 1.15. The maximum Gasteiger partial charge on any atom is 0.362 e. The Labute approximate surface area is 96.2 Å². The summed E-state index contributed by atoms with van der Waals surface area (Å²) in [4.78, 5) is 15.0. The number of anilines is 1. The number of thiazole rings is 1. The van der Waals surface area contributed by atoms with E-state index in [1.165, 1.54) is 5.38 Å². The second kappa shape index (κ2) is 6.20. The third kappa shape index (κ3) is 3.37. The van der Waals surface area contributed by atoms with Gasteiger partial charge in [-0.3, -0.25) is 0 Å². The van der Waals surface area contributed by atoms with Crippen molar-refractivity contribution in [3.05, 3.63) is 11.1 Å². The highest BCUT2D eigenvalue weighted by Crippen LogP contribution is 2.12. The van der Waals surface area contributed by atoms with E-state index in [1.54, 1.807) is 6.92 Å². The van der Waals surface area contributed by atoms with Gasteiger partial charge in [-0.25, -0.2) is 9.78 Å². The van der Waals surface area contributed by atoms with E-state index in [-0.39, 0.29) is 30.4 Å². The Hall–Kier alpha value is -1.34. The van der Waals surface area contributed by atoms with Gasteiger partial charge in [-0.1, -0.05) is 5.16 Å². The summed E-state index contributed by atoms with van der Waals surface area (Å²) in [6.45, 7) is 1.86. The predicted octanol–water partition coefficient (Wildman–Crippen LogP) is 0.888. The Bertz CT molecular complexity index is 366. The fourth-order valence-corrected chi connectivity index (χ4v) is 1.34. The highest BCUT2D eigenvalue weighted by atomic mass is 35.5. The molecular weight excluding hydrogens is 242 g/mol. The lowest BCUT2D eigenvalue weighted by molar-refractivity contribution is -0.135. The van der Waals surface area contributed by atoms with Gasteiger partial charge in [-0.05, 0) is 6.92 Å². The Kier molecular flexibility index (Phi) is 5.65. The summed E-state index contributed by atoms with van der Waals surface area (Å²) in [6, 6.07) is 0. The minimum absolute atomic E-state index is 0. The number of ether oxygens (including phenoxy) is 1. The van der Waals surface area contributed by atoms with Crippen LogP contribution in [-0.4, -0.2) is 28.5 Å². The van der Waals surface area contributed by atoms with E-state index in [1.807, 2.05) is 0 Å². The molecule has 0 bridgehead atoms. The van der Waals surface area contributed by atoms with Crippen LogP contribution in [-0.2, 0) is 9.53 Å². The van der Waals surface area contributed by atoms with E-state index in [0.717, 1.165) is 11.3 Å². The van der Waals surface area contributed by atoms with Crippen LogP contribution in [0.15, 0.2) is 10.5 Å². The molecule has 3 N–H and O–H groups in total. The zero-order valence-corrected chi connectivity index (χ0v) is 9.47. The summed E-state index contributed by atoms with van der Waals surface area (Å²) in [7, 11) is 0. The number of nitrogen functional groups attached to an aromatic ring is 1. The van der Waals surface area contributed by atoms with Crippen LogP contribution in [0.5, 0.6) is 0 Å². The highest BCUT2D eigenvalue weighted by molar-refractivity contribution is 7.13. The smallest absolute Gasteiger partial charge is 0.362 e. The molecule has 0 saturated heterocycles. The third-order valence-corrected chi connectivity index (χ3v) is 2.01. The van der Waals surface area contributed by atoms with Crippen molar-refractivity contribution in [1.82, 2.24) is 4.98 Å². The SMILES string of the molecule is CCOC(=O)C(=NO)c1csc(N)n1.Cl. The molecule has 0 spiro atoms. The molecule has 0 unspecified atom stereocenters. The van der Waals surface area contributed by atoms with Gasteiger partial charge < -0.3 is 15.7 Å². The number of esters is 1. The average Bonchev–Trinajstić information content (AvgIpc) is 2.54. The van der Waals surface area contributed by atoms with Crippen molar-refractivity contribution in [2.45, 2.75) is 6.92 Å². The van der Waals surface area contributed by atoms with Crippen LogP contribution in [0.2, 0.25) is 0 Å². The zero-order valence-electron chi connectivity index (χ0n) is 7.84. The topological polar surface area (TPSA) is 97.8 Å². The molecule has 6 nitrogen and oxygen atoms in total. The van der Waals surface area contributed by atoms with Gasteiger partial charge in [0.25, 0.3) is 0 Å². The Morgan fingerprint density at radius 1 is 1.80 bits per heavy atom. The first-order valence-corrected chi connectivity index (χ1v) is 4.67. The molecule has 1 rings (SSSR count). The van der Waals surface area contributed by atoms with Gasteiger partial charge in [0.05, 0.1) is 6.61 Å². The normalized spacial score (nSPS) is 10.6. The predicted molar refractivity (Wildman–Crippen MR) is 58.7 cm³/mol. The summed E-state index contributed by atoms with van der Waals surface area (Å²) < 4.78 is 4.65. The van der Waals surface area contributed by atoms with Crippen LogP contribution in [0.1, 0.15) is 12.6 Å². The molecule has 0 saturated carbocycles. The largest absolute Gasteiger partial charge is 0.461 e. The quantitative estimate of drug-likeness (QED) is 0.360. The van der Waals surface area contributed by atoms with Crippen molar-refractivity contribution < 1.29 is 14.7 Å². The maximum atomic E-state index is 11.2. The van der Waals surface area contributed by atoms with Gasteiger partial charge in [-0.15, -0.1) is 23.7 Å². The molecule has 84 valence electrons. The number of aromatic nitrogens is 1. The number of nitrogens with two attached hydrogens (primary N) is 1. The minimum Gasteiger partial charge on any atom is -0.461 e. The van der Waals surface area contributed by atoms with Crippen LogP contribution < -0.4 is 5.73 Å². The first-order chi connectivity index (χ1) is 6.69. The van der Waals surface area contributed by atoms with E-state index in [2.05, 4.69) is 14.9 Å². The van der Waals surface area contributed by atoms with E-state index in [9.17, 15) is 4.79 Å². The standard InChI is InChI=1S/C7H9N3O3S.ClH/c1-2-13-6(11)5(10-12)4-3-14-7(8)9-4;/h3,12H,2H2,1H3,(H2,8,9);1H. The van der Waals surface area contributed by atoms with E-state index < -0.39 is 5.97 Å². The second-order valence-electron chi connectivity index (χ2n) is 2.24. The van der Waals surface area contributed by atoms with Crippen LogP contribution in [0, 0.1) is 0 Å². The van der Waals surface area contributed by atoms with Gasteiger partial charge >= 0.3 is 5.97 Å². The lowest BCUT2D eigenvalue weighted by Gasteiger charge is -1.99. The molecular formula is C7H10ClN3O3S. The fourth-order valence-electron chi connectivity index (χ4n) is 0.792. The summed E-state index contributed by atoms with van der Waals surface area (Å²) in [6.07, 6.45) is 0. The Balaban J connectivity index is 0.00000196. The molecule has 1 aromatic rings. The first kappa shape index (κ1) is 13.7. The van der Waals surface area contributed by atoms with Crippen molar-refractivity contribution in [2.75, 3.05) is 12.3 Å². The molecule has 15 heavy (non-hydrogen) atoms. The molecule has 0 amide bonds. The molecule has 0 aliphatic rings. The molecule has 0 aliphatic heterocycles. The number of rotatable bonds is 3. The molecule has 8 heteroatoms. The molecule has 0 radical (unpaired) electrons. The number of hydrogen-bond acceptors (Lipinski definition) is 7. The summed E-state index contributed by atoms with van der Waals surface area (Å²) in [5.41, 5.74) is 5.34. The zero-order chi connectivity index (χ0) is 10.6. The van der Waals surface area contributed by atoms with Crippen LogP contribution >= 0.6 is 23.7 Å². The number of oxime groups is 1. The molecule has 0 atom stereocenters. The molecule has 0 aromatic carbocycles. The minimum atomic E-state index is -0.722. The number of carbonyl (C=O) groups excluding carboxylic acids is 1. The summed E-state index contributed by atoms with van der Waals surface area (Å²) in [5, 5.41) is 13.2. The van der Waals surface area contributed by atoms with Crippen molar-refractivity contribution in [1.29, 1.82) is 0 Å². The van der Waals surface area contributed by atoms with Gasteiger partial charge in [0.1, 0.15) is 5.69 Å². The fraction of sp³-hybridized carbons (Fsp3) is 0.286. The van der Waals surface area contributed by atoms with Gasteiger partial charge in [0.2, 0.25) is 5.71 Å². The Morgan fingerprint density at radius 3 is 2.87 bits per heavy atom. The molecule has 1 heterocycles.